The van der Waals surface area contributed by atoms with E-state index in [0.29, 0.717) is 5.92 Å². The predicted octanol–water partition coefficient (Wildman–Crippen LogP) is 5.19. The third kappa shape index (κ3) is 3.14. The Morgan fingerprint density at radius 2 is 1.57 bits per heavy atom. The van der Waals surface area contributed by atoms with Gasteiger partial charge in [-0.25, -0.2) is 0 Å². The van der Waals surface area contributed by atoms with E-state index in [2.05, 4.69) is 40.9 Å². The van der Waals surface area contributed by atoms with Crippen LogP contribution in [0.1, 0.15) is 33.8 Å². The molecule has 2 aliphatic rings. The van der Waals surface area contributed by atoms with Gasteiger partial charge < -0.3 is 0 Å². The molecule has 2 heteroatoms. The van der Waals surface area contributed by atoms with E-state index in [1.165, 1.54) is 11.5 Å². The smallest absolute Gasteiger partial charge is 0.166 e. The van der Waals surface area contributed by atoms with Crippen LogP contribution in [0.15, 0.2) is 53.0 Å². The van der Waals surface area contributed by atoms with Crippen LogP contribution in [0.25, 0.3) is 0 Å². The van der Waals surface area contributed by atoms with Crippen molar-refractivity contribution in [3.8, 4) is 0 Å². The van der Waals surface area contributed by atoms with Gasteiger partial charge in [-0.3, -0.25) is 4.79 Å². The Kier molecular flexibility index (Phi) is 4.11. The van der Waals surface area contributed by atoms with Gasteiger partial charge in [-0.05, 0) is 61.3 Å². The summed E-state index contributed by atoms with van der Waals surface area (Å²) in [6.07, 6.45) is 9.19. The van der Waals surface area contributed by atoms with Crippen molar-refractivity contribution in [1.29, 1.82) is 0 Å². The summed E-state index contributed by atoms with van der Waals surface area (Å²) in [6, 6.07) is 16.3. The van der Waals surface area contributed by atoms with Gasteiger partial charge in [0.1, 0.15) is 0 Å². The first-order chi connectivity index (χ1) is 11.2. The molecular formula is C21H16BrO. The zero-order chi connectivity index (χ0) is 15.8. The molecule has 0 N–H and O–H groups in total. The molecule has 2 aromatic carbocycles. The van der Waals surface area contributed by atoms with Gasteiger partial charge >= 0.3 is 0 Å². The molecule has 4 rings (SSSR count). The van der Waals surface area contributed by atoms with Gasteiger partial charge in [0.15, 0.2) is 5.78 Å². The molecule has 5 radical (unpaired) electrons. The number of rotatable bonds is 4. The van der Waals surface area contributed by atoms with Crippen LogP contribution in [-0.4, -0.2) is 5.78 Å². The van der Waals surface area contributed by atoms with E-state index >= 15 is 0 Å². The Balaban J connectivity index is 1.44. The van der Waals surface area contributed by atoms with Crippen LogP contribution in [0.2, 0.25) is 0 Å². The lowest BCUT2D eigenvalue weighted by Crippen LogP contribution is -2.04. The minimum atomic E-state index is 0.140. The number of benzene rings is 2. The van der Waals surface area contributed by atoms with Crippen molar-refractivity contribution in [2.75, 3.05) is 0 Å². The lowest BCUT2D eigenvalue weighted by Gasteiger charge is -2.09. The summed E-state index contributed by atoms with van der Waals surface area (Å²) in [6.45, 7) is 0. The lowest BCUT2D eigenvalue weighted by molar-refractivity contribution is 0.0965. The Labute approximate surface area is 146 Å². The van der Waals surface area contributed by atoms with Crippen molar-refractivity contribution < 1.29 is 4.79 Å². The molecule has 0 saturated heterocycles. The van der Waals surface area contributed by atoms with Gasteiger partial charge in [0.2, 0.25) is 0 Å². The van der Waals surface area contributed by atoms with E-state index in [-0.39, 0.29) is 11.7 Å². The van der Waals surface area contributed by atoms with Crippen LogP contribution in [0.3, 0.4) is 0 Å². The highest BCUT2D eigenvalue weighted by atomic mass is 79.9. The van der Waals surface area contributed by atoms with E-state index < -0.39 is 0 Å². The Morgan fingerprint density at radius 3 is 2.22 bits per heavy atom. The van der Waals surface area contributed by atoms with Crippen LogP contribution in [0.5, 0.6) is 0 Å². The van der Waals surface area contributed by atoms with E-state index in [0.717, 1.165) is 22.0 Å². The summed E-state index contributed by atoms with van der Waals surface area (Å²) >= 11 is 3.45. The van der Waals surface area contributed by atoms with Crippen molar-refractivity contribution in [2.45, 2.75) is 12.3 Å². The average Bonchev–Trinajstić information content (AvgIpc) is 3.19. The molecule has 0 unspecified atom stereocenters. The number of hydrogen-bond acceptors (Lipinski definition) is 1. The number of carbonyl (C=O) groups excluding carboxylic acids is 1. The summed E-state index contributed by atoms with van der Waals surface area (Å²) in [5.74, 6) is 1.99. The van der Waals surface area contributed by atoms with E-state index in [9.17, 15) is 4.79 Å². The standard InChI is InChI=1S/C21H16BrO/c22-18-11-9-16(10-12-18)19-13-20(19)21(23)17-7-5-15(6-8-17)14-3-1-2-4-14/h1-12,19-20H,13H2/t19-,20+/m0/s1. The third-order valence-corrected chi connectivity index (χ3v) is 5.12. The Morgan fingerprint density at radius 1 is 0.913 bits per heavy atom. The van der Waals surface area contributed by atoms with Crippen molar-refractivity contribution in [1.82, 2.24) is 0 Å². The SMILES string of the molecule is O=C(c1ccc([C]2[CH][CH][CH][CH]2)cc1)[C@@H]1C[C@H]1c1ccc(Br)cc1. The minimum absolute atomic E-state index is 0.140. The number of carbonyl (C=O) groups is 1. The van der Waals surface area contributed by atoms with Gasteiger partial charge in [-0.1, -0.05) is 52.3 Å². The summed E-state index contributed by atoms with van der Waals surface area (Å²) in [4.78, 5) is 12.6. The zero-order valence-electron chi connectivity index (χ0n) is 12.6. The molecule has 2 aliphatic carbocycles. The highest BCUT2D eigenvalue weighted by Crippen LogP contribution is 2.49. The van der Waals surface area contributed by atoms with Gasteiger partial charge in [0.25, 0.3) is 0 Å². The van der Waals surface area contributed by atoms with Crippen LogP contribution in [0, 0.1) is 37.5 Å². The maximum atomic E-state index is 12.6. The molecular weight excluding hydrogens is 348 g/mol. The van der Waals surface area contributed by atoms with Gasteiger partial charge in [-0.2, -0.15) is 0 Å². The first kappa shape index (κ1) is 15.1. The van der Waals surface area contributed by atoms with Crippen LogP contribution < -0.4 is 0 Å². The summed E-state index contributed by atoms with van der Waals surface area (Å²) in [5, 5.41) is 0. The maximum Gasteiger partial charge on any atom is 0.166 e. The molecule has 2 atom stereocenters. The monoisotopic (exact) mass is 363 g/mol. The van der Waals surface area contributed by atoms with Gasteiger partial charge in [-0.15, -0.1) is 0 Å². The Hall–Kier alpha value is -1.41. The second kappa shape index (κ2) is 6.24. The molecule has 2 fully saturated rings. The normalized spacial score (nSPS) is 23.9. The third-order valence-electron chi connectivity index (χ3n) is 4.59. The second-order valence-corrected chi connectivity index (χ2v) is 7.03. The predicted molar refractivity (Wildman–Crippen MR) is 95.3 cm³/mol. The van der Waals surface area contributed by atoms with Crippen molar-refractivity contribution in [3.05, 3.63) is 101 Å². The molecule has 2 saturated carbocycles. The quantitative estimate of drug-likeness (QED) is 0.683. The second-order valence-electron chi connectivity index (χ2n) is 6.12. The van der Waals surface area contributed by atoms with Crippen LogP contribution in [0.4, 0.5) is 0 Å². The minimum Gasteiger partial charge on any atom is -0.294 e. The number of halogens is 1. The van der Waals surface area contributed by atoms with E-state index in [1.54, 1.807) is 0 Å². The van der Waals surface area contributed by atoms with Crippen molar-refractivity contribution >= 4 is 21.7 Å². The summed E-state index contributed by atoms with van der Waals surface area (Å²) < 4.78 is 1.08. The highest BCUT2D eigenvalue weighted by molar-refractivity contribution is 9.10. The van der Waals surface area contributed by atoms with Crippen LogP contribution >= 0.6 is 15.9 Å². The first-order valence-electron chi connectivity index (χ1n) is 7.84. The molecule has 0 spiro atoms. The van der Waals surface area contributed by atoms with Gasteiger partial charge in [0, 0.05) is 21.9 Å². The maximum absolute atomic E-state index is 12.6. The zero-order valence-corrected chi connectivity index (χ0v) is 14.2. The van der Waals surface area contributed by atoms with Crippen molar-refractivity contribution in [2.24, 2.45) is 5.92 Å². The van der Waals surface area contributed by atoms with Crippen molar-refractivity contribution in [3.63, 3.8) is 0 Å². The van der Waals surface area contributed by atoms with E-state index in [4.69, 9.17) is 0 Å². The number of hydrogen-bond donors (Lipinski definition) is 0. The fourth-order valence-corrected chi connectivity index (χ4v) is 3.43. The lowest BCUT2D eigenvalue weighted by atomic mass is 9.95. The molecule has 0 bridgehead atoms. The fraction of sp³-hybridized carbons (Fsp3) is 0.143. The number of Topliss-reactive ketones (excluding diaryl/α,β-unsaturated/α-hetero) is 1. The number of ketones is 1. The summed E-state index contributed by atoms with van der Waals surface area (Å²) in [5.41, 5.74) is 3.25. The highest BCUT2D eigenvalue weighted by Gasteiger charge is 2.43. The molecule has 2 aromatic rings. The largest absolute Gasteiger partial charge is 0.294 e. The first-order valence-corrected chi connectivity index (χ1v) is 8.63. The molecule has 1 nitrogen and oxygen atoms in total. The molecule has 23 heavy (non-hydrogen) atoms. The topological polar surface area (TPSA) is 17.1 Å². The fourth-order valence-electron chi connectivity index (χ4n) is 3.17. The molecule has 0 amide bonds. The average molecular weight is 364 g/mol. The molecule has 113 valence electrons. The molecule has 0 aromatic heterocycles. The molecule has 0 heterocycles. The van der Waals surface area contributed by atoms with Gasteiger partial charge in [0.05, 0.1) is 0 Å². The Bertz CT molecular complexity index is 696. The van der Waals surface area contributed by atoms with E-state index in [1.807, 2.05) is 49.2 Å². The molecule has 0 aliphatic heterocycles. The summed E-state index contributed by atoms with van der Waals surface area (Å²) in [7, 11) is 0. The van der Waals surface area contributed by atoms with Crippen LogP contribution in [-0.2, 0) is 0 Å².